The molecule has 2 unspecified atom stereocenters. The van der Waals surface area contributed by atoms with Gasteiger partial charge in [0.2, 0.25) is 0 Å². The molecular weight excluding hydrogens is 604 g/mol. The molecule has 5 rings (SSSR count). The minimum Gasteiger partial charge on any atom is -0.487 e. The highest BCUT2D eigenvalue weighted by Crippen LogP contribution is 2.38. The van der Waals surface area contributed by atoms with Crippen LogP contribution >= 0.6 is 0 Å². The smallest absolute Gasteiger partial charge is 0.340 e. The van der Waals surface area contributed by atoms with Crippen molar-refractivity contribution in [2.75, 3.05) is 19.8 Å². The second-order valence-electron chi connectivity index (χ2n) is 11.2. The highest BCUT2D eigenvalue weighted by molar-refractivity contribution is 5.86. The number of nitrogens with zero attached hydrogens (tertiary/aromatic N) is 3. The number of benzene rings is 3. The summed E-state index contributed by atoms with van der Waals surface area (Å²) < 4.78 is 97.6. The third-order valence-electron chi connectivity index (χ3n) is 7.79. The van der Waals surface area contributed by atoms with Crippen LogP contribution in [0.4, 0.5) is 26.3 Å². The van der Waals surface area contributed by atoms with Crippen LogP contribution in [0.3, 0.4) is 0 Å². The standard InChI is InChI=1S/C32H31F6N3O4/c1-20(31(42,16-41-19-39-18-40-41)27-8-6-25(33)13-28(27)34)10-22-14-43-29(44-15-22)9-3-21-2-4-24-12-26(7-5-23(24)11-21)45-17-32(37,38)30(35)36/h2-9,11-13,18-20,22,29-30,42H,10,14-17H2,1H3. The van der Waals surface area contributed by atoms with Gasteiger partial charge in [-0.25, -0.2) is 27.2 Å². The summed E-state index contributed by atoms with van der Waals surface area (Å²) in [5.41, 5.74) is -0.956. The summed E-state index contributed by atoms with van der Waals surface area (Å²) in [6.07, 6.45) is 2.22. The molecular formula is C32H31F6N3O4. The number of rotatable bonds is 12. The quantitative estimate of drug-likeness (QED) is 0.177. The van der Waals surface area contributed by atoms with Gasteiger partial charge < -0.3 is 19.3 Å². The van der Waals surface area contributed by atoms with E-state index in [1.54, 1.807) is 37.3 Å². The number of halogens is 6. The first-order chi connectivity index (χ1) is 21.4. The van der Waals surface area contributed by atoms with Crippen LogP contribution in [0.5, 0.6) is 5.75 Å². The first-order valence-corrected chi connectivity index (χ1v) is 14.2. The maximum Gasteiger partial charge on any atom is 0.340 e. The predicted octanol–water partition coefficient (Wildman–Crippen LogP) is 6.61. The first-order valence-electron chi connectivity index (χ1n) is 14.2. The van der Waals surface area contributed by atoms with Gasteiger partial charge in [0.1, 0.15) is 35.6 Å². The zero-order valence-corrected chi connectivity index (χ0v) is 24.1. The van der Waals surface area contributed by atoms with Crippen LogP contribution in [0, 0.1) is 23.5 Å². The molecule has 4 aromatic rings. The van der Waals surface area contributed by atoms with Gasteiger partial charge in [-0.05, 0) is 59.0 Å². The third kappa shape index (κ3) is 7.84. The van der Waals surface area contributed by atoms with E-state index in [-0.39, 0.29) is 23.8 Å². The average Bonchev–Trinajstić information content (AvgIpc) is 3.52. The topological polar surface area (TPSA) is 78.6 Å². The van der Waals surface area contributed by atoms with Gasteiger partial charge in [-0.3, -0.25) is 0 Å². The van der Waals surface area contributed by atoms with Gasteiger partial charge in [0.25, 0.3) is 0 Å². The molecule has 1 fully saturated rings. The van der Waals surface area contributed by atoms with Crippen LogP contribution in [-0.4, -0.2) is 58.3 Å². The fourth-order valence-corrected chi connectivity index (χ4v) is 5.28. The number of alkyl halides is 4. The second-order valence-corrected chi connectivity index (χ2v) is 11.2. The van der Waals surface area contributed by atoms with Gasteiger partial charge in [0.15, 0.2) is 12.9 Å². The summed E-state index contributed by atoms with van der Waals surface area (Å²) in [6, 6.07) is 13.0. The van der Waals surface area contributed by atoms with Crippen LogP contribution in [0.2, 0.25) is 0 Å². The molecule has 1 saturated heterocycles. The summed E-state index contributed by atoms with van der Waals surface area (Å²) in [5.74, 6) is -6.41. The summed E-state index contributed by atoms with van der Waals surface area (Å²) in [6.45, 7) is 0.894. The molecule has 1 aromatic heterocycles. The lowest BCUT2D eigenvalue weighted by atomic mass is 9.77. The number of hydrogen-bond acceptors (Lipinski definition) is 6. The lowest BCUT2D eigenvalue weighted by Crippen LogP contribution is -2.42. The van der Waals surface area contributed by atoms with Crippen molar-refractivity contribution >= 4 is 16.8 Å². The van der Waals surface area contributed by atoms with Crippen molar-refractivity contribution < 1.29 is 45.7 Å². The highest BCUT2D eigenvalue weighted by atomic mass is 19.3. The van der Waals surface area contributed by atoms with Crippen molar-refractivity contribution in [2.24, 2.45) is 11.8 Å². The molecule has 2 atom stereocenters. The summed E-state index contributed by atoms with van der Waals surface area (Å²) in [5, 5.41) is 17.2. The molecule has 7 nitrogen and oxygen atoms in total. The Bertz CT molecular complexity index is 1610. The molecule has 1 aliphatic rings. The van der Waals surface area contributed by atoms with E-state index >= 15 is 0 Å². The predicted molar refractivity (Wildman–Crippen MR) is 153 cm³/mol. The van der Waals surface area contributed by atoms with Crippen LogP contribution in [0.1, 0.15) is 24.5 Å². The number of fused-ring (bicyclic) bond motifs is 1. The van der Waals surface area contributed by atoms with Crippen molar-refractivity contribution in [3.63, 3.8) is 0 Å². The Hall–Kier alpha value is -3.94. The van der Waals surface area contributed by atoms with Gasteiger partial charge in [-0.1, -0.05) is 37.3 Å². The Balaban J connectivity index is 1.18. The number of ether oxygens (including phenoxy) is 3. The molecule has 240 valence electrons. The normalized spacial score (nSPS) is 19.7. The Morgan fingerprint density at radius 3 is 2.47 bits per heavy atom. The van der Waals surface area contributed by atoms with E-state index in [1.165, 1.54) is 35.5 Å². The lowest BCUT2D eigenvalue weighted by molar-refractivity contribution is -0.180. The monoisotopic (exact) mass is 635 g/mol. The van der Waals surface area contributed by atoms with Gasteiger partial charge in [0, 0.05) is 17.5 Å². The zero-order valence-electron chi connectivity index (χ0n) is 24.1. The molecule has 0 amide bonds. The molecule has 0 radical (unpaired) electrons. The molecule has 0 saturated carbocycles. The molecule has 13 heteroatoms. The average molecular weight is 636 g/mol. The summed E-state index contributed by atoms with van der Waals surface area (Å²) in [7, 11) is 0. The van der Waals surface area contributed by atoms with Crippen molar-refractivity contribution in [1.29, 1.82) is 0 Å². The van der Waals surface area contributed by atoms with E-state index in [0.29, 0.717) is 25.0 Å². The minimum absolute atomic E-state index is 0.0437. The molecule has 1 N–H and O–H groups in total. The van der Waals surface area contributed by atoms with Gasteiger partial charge in [0.05, 0.1) is 19.8 Å². The van der Waals surface area contributed by atoms with Gasteiger partial charge in [-0.15, -0.1) is 0 Å². The molecule has 1 aliphatic heterocycles. The molecule has 0 spiro atoms. The van der Waals surface area contributed by atoms with E-state index in [9.17, 15) is 31.4 Å². The van der Waals surface area contributed by atoms with Crippen LogP contribution < -0.4 is 4.74 Å². The largest absolute Gasteiger partial charge is 0.487 e. The fraction of sp³-hybridized carbons (Fsp3) is 0.375. The van der Waals surface area contributed by atoms with Crippen molar-refractivity contribution in [3.05, 3.63) is 96.1 Å². The van der Waals surface area contributed by atoms with Gasteiger partial charge in [-0.2, -0.15) is 13.9 Å². The maximum absolute atomic E-state index is 14.8. The third-order valence-corrected chi connectivity index (χ3v) is 7.79. The maximum atomic E-state index is 14.8. The first kappa shape index (κ1) is 32.5. The Kier molecular flexibility index (Phi) is 9.80. The van der Waals surface area contributed by atoms with Crippen molar-refractivity contribution in [1.82, 2.24) is 14.8 Å². The highest BCUT2D eigenvalue weighted by Gasteiger charge is 2.42. The van der Waals surface area contributed by atoms with Crippen LogP contribution in [0.15, 0.2) is 73.3 Å². The summed E-state index contributed by atoms with van der Waals surface area (Å²) >= 11 is 0. The molecule has 0 aliphatic carbocycles. The summed E-state index contributed by atoms with van der Waals surface area (Å²) in [4.78, 5) is 3.89. The molecule has 2 heterocycles. The molecule has 45 heavy (non-hydrogen) atoms. The Labute approximate surface area is 255 Å². The van der Waals surface area contributed by atoms with Crippen molar-refractivity contribution in [2.45, 2.75) is 44.1 Å². The van der Waals surface area contributed by atoms with E-state index in [1.807, 2.05) is 6.07 Å². The number of hydrogen-bond donors (Lipinski definition) is 1. The fourth-order valence-electron chi connectivity index (χ4n) is 5.28. The number of aromatic nitrogens is 3. The van der Waals surface area contributed by atoms with Crippen LogP contribution in [-0.2, 0) is 21.6 Å². The van der Waals surface area contributed by atoms with E-state index < -0.39 is 48.4 Å². The zero-order chi connectivity index (χ0) is 32.2. The lowest BCUT2D eigenvalue weighted by Gasteiger charge is -2.38. The Morgan fingerprint density at radius 2 is 1.78 bits per heavy atom. The van der Waals surface area contributed by atoms with E-state index in [0.717, 1.165) is 23.1 Å². The Morgan fingerprint density at radius 1 is 1.04 bits per heavy atom. The number of aliphatic hydroxyl groups is 1. The SMILES string of the molecule is CC(CC1COC(C=Cc2ccc3cc(OCC(F)(F)C(F)F)ccc3c2)OC1)C(O)(Cn1cncn1)c1ccc(F)cc1F. The minimum atomic E-state index is -4.24. The van der Waals surface area contributed by atoms with E-state index in [4.69, 9.17) is 14.2 Å². The van der Waals surface area contributed by atoms with Gasteiger partial charge >= 0.3 is 12.3 Å². The molecule has 0 bridgehead atoms. The van der Waals surface area contributed by atoms with Crippen LogP contribution in [0.25, 0.3) is 16.8 Å². The van der Waals surface area contributed by atoms with E-state index in [2.05, 4.69) is 10.1 Å². The second kappa shape index (κ2) is 13.6. The van der Waals surface area contributed by atoms with Crippen molar-refractivity contribution in [3.8, 4) is 5.75 Å². The molecule has 3 aromatic carbocycles.